The third kappa shape index (κ3) is 10.9. The van der Waals surface area contributed by atoms with Crippen molar-refractivity contribution in [3.05, 3.63) is 0 Å². The van der Waals surface area contributed by atoms with Gasteiger partial charge in [-0.1, -0.05) is 47.2 Å². The molecular weight excluding hydrogens is 300 g/mol. The number of halogens is 4. The van der Waals surface area contributed by atoms with Gasteiger partial charge in [0.1, 0.15) is 0 Å². The van der Waals surface area contributed by atoms with E-state index in [1.807, 2.05) is 0 Å². The lowest BCUT2D eigenvalue weighted by Crippen LogP contribution is -2.01. The van der Waals surface area contributed by atoms with Gasteiger partial charge in [-0.2, -0.15) is 13.2 Å². The number of alkyl halides is 4. The van der Waals surface area contributed by atoms with Crippen LogP contribution in [0.4, 0.5) is 13.2 Å². The Labute approximate surface area is 88.8 Å². The summed E-state index contributed by atoms with van der Waals surface area (Å²) in [4.78, 5) is 0. The highest BCUT2D eigenvalue weighted by molar-refractivity contribution is 14.1. The van der Waals surface area contributed by atoms with Gasteiger partial charge in [-0.15, -0.1) is 0 Å². The summed E-state index contributed by atoms with van der Waals surface area (Å²) in [5, 5.41) is 0. The number of hydrogen-bond donors (Lipinski definition) is 0. The highest BCUT2D eigenvalue weighted by Gasteiger charge is 2.27. The highest BCUT2D eigenvalue weighted by atomic mass is 127. The summed E-state index contributed by atoms with van der Waals surface area (Å²) >= 11 is 2.37. The molecule has 0 fully saturated rings. The molecule has 12 heavy (non-hydrogen) atoms. The van der Waals surface area contributed by atoms with Crippen LogP contribution in [0.15, 0.2) is 0 Å². The minimum absolute atomic E-state index is 0.0897. The molecule has 74 valence electrons. The molecule has 0 saturated heterocycles. The van der Waals surface area contributed by atoms with Gasteiger partial charge in [0.15, 0.2) is 0 Å². The van der Waals surface area contributed by atoms with Gasteiger partial charge in [0.2, 0.25) is 0 Å². The minimum atomic E-state index is -4.04. The molecule has 0 aliphatic carbocycles. The molecule has 0 aromatic carbocycles. The topological polar surface area (TPSA) is 0 Å². The van der Waals surface area contributed by atoms with Crippen molar-refractivity contribution in [2.45, 2.75) is 31.2 Å². The molecule has 0 rings (SSSR count). The van der Waals surface area contributed by atoms with Crippen LogP contribution in [0.5, 0.6) is 0 Å². The Kier molecular flexibility index (Phi) is 7.82. The minimum Gasteiger partial charge on any atom is -0.160 e. The molecule has 0 aliphatic rings. The van der Waals surface area contributed by atoms with Crippen LogP contribution in [0.1, 0.15) is 25.7 Å². The van der Waals surface area contributed by atoms with Crippen LogP contribution in [0.2, 0.25) is 0 Å². The largest absolute Gasteiger partial charge is 0.441 e. The lowest BCUT2D eigenvalue weighted by molar-refractivity contribution is -0.0328. The smallest absolute Gasteiger partial charge is 0.160 e. The number of thioether (sulfide) groups is 1. The zero-order chi connectivity index (χ0) is 9.45. The third-order valence-electron chi connectivity index (χ3n) is 1.29. The number of unbranched alkanes of at least 4 members (excludes halogenated alkanes) is 3. The second kappa shape index (κ2) is 7.29. The Bertz CT molecular complexity index is 105. The average molecular weight is 312 g/mol. The zero-order valence-electron chi connectivity index (χ0n) is 6.66. The Hall–Kier alpha value is 0.870. The van der Waals surface area contributed by atoms with Crippen molar-refractivity contribution in [2.75, 3.05) is 10.2 Å². The van der Waals surface area contributed by atoms with E-state index >= 15 is 0 Å². The van der Waals surface area contributed by atoms with E-state index in [4.69, 9.17) is 0 Å². The molecule has 0 radical (unpaired) electrons. The normalized spacial score (nSPS) is 12.0. The van der Waals surface area contributed by atoms with Crippen molar-refractivity contribution in [2.24, 2.45) is 0 Å². The molecule has 0 aliphatic heterocycles. The van der Waals surface area contributed by atoms with Crippen LogP contribution in [-0.4, -0.2) is 15.7 Å². The summed E-state index contributed by atoms with van der Waals surface area (Å²) in [5.74, 6) is 0.213. The van der Waals surface area contributed by atoms with Crippen molar-refractivity contribution in [3.63, 3.8) is 0 Å². The van der Waals surface area contributed by atoms with Gasteiger partial charge in [-0.25, -0.2) is 0 Å². The lowest BCUT2D eigenvalue weighted by atomic mass is 10.2. The molecule has 0 heterocycles. The molecule has 5 heteroatoms. The molecule has 0 spiro atoms. The maximum absolute atomic E-state index is 11.6. The highest BCUT2D eigenvalue weighted by Crippen LogP contribution is 2.30. The summed E-state index contributed by atoms with van der Waals surface area (Å²) in [6.45, 7) is 0. The first-order chi connectivity index (χ1) is 5.56. The Morgan fingerprint density at radius 3 is 2.08 bits per heavy atom. The van der Waals surface area contributed by atoms with E-state index in [2.05, 4.69) is 22.6 Å². The van der Waals surface area contributed by atoms with Crippen LogP contribution in [0, 0.1) is 0 Å². The SMILES string of the molecule is FC(F)(F)SCCCCCCI. The molecule has 0 unspecified atom stereocenters. The molecule has 0 amide bonds. The summed E-state index contributed by atoms with van der Waals surface area (Å²) in [5.41, 5.74) is -4.04. The second-order valence-corrected chi connectivity index (χ2v) is 4.64. The average Bonchev–Trinajstić information content (AvgIpc) is 1.94. The summed E-state index contributed by atoms with van der Waals surface area (Å²) in [7, 11) is 0. The molecule has 0 saturated carbocycles. The number of hydrogen-bond acceptors (Lipinski definition) is 1. The molecule has 0 atom stereocenters. The van der Waals surface area contributed by atoms with E-state index in [1.165, 1.54) is 0 Å². The van der Waals surface area contributed by atoms with Crippen molar-refractivity contribution in [1.29, 1.82) is 0 Å². The number of rotatable bonds is 6. The van der Waals surface area contributed by atoms with E-state index in [1.54, 1.807) is 0 Å². The van der Waals surface area contributed by atoms with Crippen LogP contribution in [0.3, 0.4) is 0 Å². The fraction of sp³-hybridized carbons (Fsp3) is 1.00. The van der Waals surface area contributed by atoms with Crippen molar-refractivity contribution in [3.8, 4) is 0 Å². The maximum atomic E-state index is 11.6. The fourth-order valence-corrected chi connectivity index (χ4v) is 1.86. The van der Waals surface area contributed by atoms with E-state index in [0.717, 1.165) is 23.7 Å². The predicted octanol–water partition coefficient (Wildman–Crippen LogP) is 4.23. The Morgan fingerprint density at radius 2 is 1.58 bits per heavy atom. The zero-order valence-corrected chi connectivity index (χ0v) is 9.64. The van der Waals surface area contributed by atoms with Crippen molar-refractivity contribution >= 4 is 34.4 Å². The van der Waals surface area contributed by atoms with E-state index in [-0.39, 0.29) is 17.5 Å². The Balaban J connectivity index is 3.01. The first kappa shape index (κ1) is 12.9. The first-order valence-electron chi connectivity index (χ1n) is 3.83. The summed E-state index contributed by atoms with van der Waals surface area (Å²) < 4.78 is 35.9. The molecule has 0 bridgehead atoms. The predicted molar refractivity (Wildman–Crippen MR) is 55.9 cm³/mol. The van der Waals surface area contributed by atoms with Gasteiger partial charge < -0.3 is 0 Å². The second-order valence-electron chi connectivity index (χ2n) is 2.40. The van der Waals surface area contributed by atoms with Crippen molar-refractivity contribution < 1.29 is 13.2 Å². The maximum Gasteiger partial charge on any atom is 0.441 e. The van der Waals surface area contributed by atoms with Crippen LogP contribution in [-0.2, 0) is 0 Å². The first-order valence-corrected chi connectivity index (χ1v) is 6.34. The summed E-state index contributed by atoms with van der Waals surface area (Å²) in [6, 6.07) is 0. The molecule has 0 aromatic rings. The van der Waals surface area contributed by atoms with Gasteiger partial charge in [0.05, 0.1) is 0 Å². The monoisotopic (exact) mass is 312 g/mol. The Morgan fingerprint density at radius 1 is 1.00 bits per heavy atom. The van der Waals surface area contributed by atoms with Gasteiger partial charge >= 0.3 is 5.51 Å². The van der Waals surface area contributed by atoms with Gasteiger partial charge in [-0.3, -0.25) is 0 Å². The standard InChI is InChI=1S/C7H12F3IS/c8-7(9,10)12-6-4-2-1-3-5-11/h1-6H2. The summed E-state index contributed by atoms with van der Waals surface area (Å²) in [6.07, 6.45) is 3.78. The van der Waals surface area contributed by atoms with Gasteiger partial charge in [-0.05, 0) is 17.3 Å². The van der Waals surface area contributed by atoms with Crippen LogP contribution in [0.25, 0.3) is 0 Å². The lowest BCUT2D eigenvalue weighted by Gasteiger charge is -2.04. The van der Waals surface area contributed by atoms with Crippen LogP contribution >= 0.6 is 34.4 Å². The van der Waals surface area contributed by atoms with E-state index in [9.17, 15) is 13.2 Å². The van der Waals surface area contributed by atoms with Crippen molar-refractivity contribution in [1.82, 2.24) is 0 Å². The van der Waals surface area contributed by atoms with Gasteiger partial charge in [0, 0.05) is 5.75 Å². The molecule has 0 nitrogen and oxygen atoms in total. The fourth-order valence-electron chi connectivity index (χ4n) is 0.738. The molecule has 0 aromatic heterocycles. The quantitative estimate of drug-likeness (QED) is 0.402. The third-order valence-corrected chi connectivity index (χ3v) is 2.88. The van der Waals surface area contributed by atoms with Crippen LogP contribution < -0.4 is 0 Å². The van der Waals surface area contributed by atoms with E-state index < -0.39 is 5.51 Å². The molecular formula is C7H12F3IS. The van der Waals surface area contributed by atoms with E-state index in [0.29, 0.717) is 6.42 Å². The molecule has 0 N–H and O–H groups in total. The van der Waals surface area contributed by atoms with Gasteiger partial charge in [0.25, 0.3) is 0 Å².